The molecule has 0 fully saturated rings. The molecule has 19 heavy (non-hydrogen) atoms. The van der Waals surface area contributed by atoms with Gasteiger partial charge in [-0.05, 0) is 29.9 Å². The average Bonchev–Trinajstić information content (AvgIpc) is 2.31. The van der Waals surface area contributed by atoms with E-state index in [4.69, 9.17) is 0 Å². The zero-order valence-corrected chi connectivity index (χ0v) is 12.5. The molecule has 0 aliphatic rings. The number of hydrogen-bond acceptors (Lipinski definition) is 2. The molecule has 2 N–H and O–H groups in total. The number of carbonyl (C=O) groups is 1. The molecule has 1 rings (SSSR count). The number of para-hydroxylation sites is 1. The quantitative estimate of drug-likeness (QED) is 0.856. The first kappa shape index (κ1) is 15.7. The van der Waals surface area contributed by atoms with Crippen molar-refractivity contribution in [3.05, 3.63) is 29.3 Å². The highest BCUT2D eigenvalue weighted by Crippen LogP contribution is 2.28. The zero-order valence-electron chi connectivity index (χ0n) is 12.5. The van der Waals surface area contributed by atoms with Crippen LogP contribution < -0.4 is 5.32 Å². The summed E-state index contributed by atoms with van der Waals surface area (Å²) >= 11 is 0. The van der Waals surface area contributed by atoms with E-state index >= 15 is 0 Å². The fourth-order valence-corrected chi connectivity index (χ4v) is 2.15. The monoisotopic (exact) mass is 263 g/mol. The number of anilines is 1. The van der Waals surface area contributed by atoms with E-state index in [9.17, 15) is 9.90 Å². The van der Waals surface area contributed by atoms with E-state index in [0.29, 0.717) is 5.92 Å². The minimum atomic E-state index is -0.361. The molecule has 0 spiro atoms. The van der Waals surface area contributed by atoms with Crippen molar-refractivity contribution < 1.29 is 9.90 Å². The van der Waals surface area contributed by atoms with Crippen molar-refractivity contribution in [3.63, 3.8) is 0 Å². The highest BCUT2D eigenvalue weighted by atomic mass is 16.3. The van der Waals surface area contributed by atoms with Gasteiger partial charge in [-0.2, -0.15) is 0 Å². The molecule has 1 atom stereocenters. The summed E-state index contributed by atoms with van der Waals surface area (Å²) in [4.78, 5) is 12.2. The predicted octanol–water partition coefficient (Wildman–Crippen LogP) is 3.32. The fraction of sp³-hybridized carbons (Fsp3) is 0.562. The standard InChI is InChI=1S/C16H25NO2/c1-10(2)13-8-6-7-12(5)15(13)17-16(19)14(9-18)11(3)4/h6-8,10-11,14,18H,9H2,1-5H3,(H,17,19). The lowest BCUT2D eigenvalue weighted by Crippen LogP contribution is -2.30. The van der Waals surface area contributed by atoms with Crippen LogP contribution in [-0.4, -0.2) is 17.6 Å². The van der Waals surface area contributed by atoms with E-state index < -0.39 is 0 Å². The summed E-state index contributed by atoms with van der Waals surface area (Å²) < 4.78 is 0. The van der Waals surface area contributed by atoms with Crippen LogP contribution in [0.25, 0.3) is 0 Å². The molecule has 106 valence electrons. The summed E-state index contributed by atoms with van der Waals surface area (Å²) in [5.74, 6) is 0.00617. The molecule has 1 aromatic carbocycles. The van der Waals surface area contributed by atoms with Crippen LogP contribution in [-0.2, 0) is 4.79 Å². The number of hydrogen-bond donors (Lipinski definition) is 2. The van der Waals surface area contributed by atoms with Crippen LogP contribution in [0.4, 0.5) is 5.69 Å². The molecule has 0 aromatic heterocycles. The van der Waals surface area contributed by atoms with Gasteiger partial charge in [0.15, 0.2) is 0 Å². The first-order chi connectivity index (χ1) is 8.88. The molecule has 0 aliphatic heterocycles. The third kappa shape index (κ3) is 3.80. The van der Waals surface area contributed by atoms with Crippen LogP contribution in [0, 0.1) is 18.8 Å². The van der Waals surface area contributed by atoms with Gasteiger partial charge in [0, 0.05) is 5.69 Å². The molecule has 0 radical (unpaired) electrons. The van der Waals surface area contributed by atoms with Crippen molar-refractivity contribution in [2.24, 2.45) is 11.8 Å². The van der Waals surface area contributed by atoms with Crippen molar-refractivity contribution in [2.45, 2.75) is 40.5 Å². The molecule has 1 unspecified atom stereocenters. The first-order valence-electron chi connectivity index (χ1n) is 6.89. The smallest absolute Gasteiger partial charge is 0.230 e. The van der Waals surface area contributed by atoms with Crippen molar-refractivity contribution in [3.8, 4) is 0 Å². The second-order valence-electron chi connectivity index (χ2n) is 5.72. The Balaban J connectivity index is 3.02. The van der Waals surface area contributed by atoms with Crippen LogP contribution in [0.1, 0.15) is 44.7 Å². The lowest BCUT2D eigenvalue weighted by Gasteiger charge is -2.21. The Hall–Kier alpha value is -1.35. The highest BCUT2D eigenvalue weighted by molar-refractivity contribution is 5.94. The summed E-state index contributed by atoms with van der Waals surface area (Å²) in [6.45, 7) is 9.98. The van der Waals surface area contributed by atoms with Gasteiger partial charge in [0.2, 0.25) is 5.91 Å². The van der Waals surface area contributed by atoms with Crippen LogP contribution in [0.3, 0.4) is 0 Å². The van der Waals surface area contributed by atoms with Crippen LogP contribution in [0.2, 0.25) is 0 Å². The highest BCUT2D eigenvalue weighted by Gasteiger charge is 2.22. The molecule has 0 bridgehead atoms. The maximum atomic E-state index is 12.2. The predicted molar refractivity (Wildman–Crippen MR) is 79.3 cm³/mol. The molecular formula is C16H25NO2. The first-order valence-corrected chi connectivity index (χ1v) is 6.89. The molecule has 3 nitrogen and oxygen atoms in total. The third-order valence-electron chi connectivity index (χ3n) is 3.51. The Morgan fingerprint density at radius 3 is 2.37 bits per heavy atom. The molecular weight excluding hydrogens is 238 g/mol. The Morgan fingerprint density at radius 2 is 1.89 bits per heavy atom. The van der Waals surface area contributed by atoms with Crippen molar-refractivity contribution in [1.29, 1.82) is 0 Å². The Labute approximate surface area is 116 Å². The number of amides is 1. The fourth-order valence-electron chi connectivity index (χ4n) is 2.15. The van der Waals surface area contributed by atoms with Crippen molar-refractivity contribution in [2.75, 3.05) is 11.9 Å². The van der Waals surface area contributed by atoms with E-state index in [-0.39, 0.29) is 24.3 Å². The molecule has 0 aliphatic carbocycles. The normalized spacial score (nSPS) is 12.8. The maximum absolute atomic E-state index is 12.2. The minimum Gasteiger partial charge on any atom is -0.396 e. The van der Waals surface area contributed by atoms with Gasteiger partial charge in [0.25, 0.3) is 0 Å². The van der Waals surface area contributed by atoms with Gasteiger partial charge < -0.3 is 10.4 Å². The topological polar surface area (TPSA) is 49.3 Å². The van der Waals surface area contributed by atoms with Gasteiger partial charge >= 0.3 is 0 Å². The van der Waals surface area contributed by atoms with Crippen molar-refractivity contribution in [1.82, 2.24) is 0 Å². The SMILES string of the molecule is Cc1cccc(C(C)C)c1NC(=O)C(CO)C(C)C. The number of aliphatic hydroxyl groups is 1. The van der Waals surface area contributed by atoms with E-state index in [2.05, 4.69) is 19.2 Å². The minimum absolute atomic E-state index is 0.103. The maximum Gasteiger partial charge on any atom is 0.230 e. The number of aryl methyl sites for hydroxylation is 1. The van der Waals surface area contributed by atoms with E-state index in [0.717, 1.165) is 16.8 Å². The van der Waals surface area contributed by atoms with Gasteiger partial charge in [-0.3, -0.25) is 4.79 Å². The molecule has 3 heteroatoms. The van der Waals surface area contributed by atoms with Gasteiger partial charge in [0.1, 0.15) is 0 Å². The summed E-state index contributed by atoms with van der Waals surface area (Å²) in [6.07, 6.45) is 0. The third-order valence-corrected chi connectivity index (χ3v) is 3.51. The van der Waals surface area contributed by atoms with Crippen molar-refractivity contribution >= 4 is 11.6 Å². The zero-order chi connectivity index (χ0) is 14.6. The molecule has 0 saturated heterocycles. The summed E-state index contributed by atoms with van der Waals surface area (Å²) in [5, 5.41) is 12.3. The molecule has 1 amide bonds. The Morgan fingerprint density at radius 1 is 1.26 bits per heavy atom. The van der Waals surface area contributed by atoms with Gasteiger partial charge in [-0.25, -0.2) is 0 Å². The average molecular weight is 263 g/mol. The summed E-state index contributed by atoms with van der Waals surface area (Å²) in [6, 6.07) is 6.04. The number of carbonyl (C=O) groups excluding carboxylic acids is 1. The molecule has 0 heterocycles. The Kier molecular flexibility index (Phi) is 5.55. The molecule has 0 saturated carbocycles. The number of aliphatic hydroxyl groups excluding tert-OH is 1. The lowest BCUT2D eigenvalue weighted by atomic mass is 9.94. The van der Waals surface area contributed by atoms with Crippen LogP contribution in [0.15, 0.2) is 18.2 Å². The molecule has 1 aromatic rings. The summed E-state index contributed by atoms with van der Waals surface area (Å²) in [5.41, 5.74) is 3.08. The largest absolute Gasteiger partial charge is 0.396 e. The van der Waals surface area contributed by atoms with E-state index in [1.807, 2.05) is 39.0 Å². The van der Waals surface area contributed by atoms with Crippen LogP contribution in [0.5, 0.6) is 0 Å². The van der Waals surface area contributed by atoms with Gasteiger partial charge in [-0.1, -0.05) is 45.9 Å². The summed E-state index contributed by atoms with van der Waals surface area (Å²) in [7, 11) is 0. The second kappa shape index (κ2) is 6.71. The van der Waals surface area contributed by atoms with Crippen LogP contribution >= 0.6 is 0 Å². The van der Waals surface area contributed by atoms with Gasteiger partial charge in [0.05, 0.1) is 12.5 Å². The van der Waals surface area contributed by atoms with E-state index in [1.165, 1.54) is 0 Å². The number of benzene rings is 1. The van der Waals surface area contributed by atoms with E-state index in [1.54, 1.807) is 0 Å². The van der Waals surface area contributed by atoms with Gasteiger partial charge in [-0.15, -0.1) is 0 Å². The Bertz CT molecular complexity index is 438. The lowest BCUT2D eigenvalue weighted by molar-refractivity contribution is -0.122. The second-order valence-corrected chi connectivity index (χ2v) is 5.72. The number of rotatable bonds is 5. The number of nitrogens with one attached hydrogen (secondary N) is 1.